The van der Waals surface area contributed by atoms with Gasteiger partial charge < -0.3 is 10.1 Å². The van der Waals surface area contributed by atoms with Crippen molar-refractivity contribution in [2.75, 3.05) is 12.4 Å². The normalized spacial score (nSPS) is 10.4. The summed E-state index contributed by atoms with van der Waals surface area (Å²) in [6, 6.07) is 12.5. The van der Waals surface area contributed by atoms with E-state index < -0.39 is 4.92 Å². The van der Waals surface area contributed by atoms with Gasteiger partial charge in [-0.1, -0.05) is 0 Å². The SMILES string of the molecule is COc1ccc2nccc(NC(=O)c3ccc([N+](=O)[O-])cc3)c2c1. The number of non-ortho nitro benzene ring substituents is 1. The number of nitrogens with one attached hydrogen (secondary N) is 1. The molecule has 0 radical (unpaired) electrons. The Morgan fingerprint density at radius 2 is 1.92 bits per heavy atom. The highest BCUT2D eigenvalue weighted by Gasteiger charge is 2.11. The van der Waals surface area contributed by atoms with E-state index in [-0.39, 0.29) is 11.6 Å². The van der Waals surface area contributed by atoms with Crippen molar-refractivity contribution in [3.8, 4) is 5.75 Å². The van der Waals surface area contributed by atoms with Crippen molar-refractivity contribution in [1.29, 1.82) is 0 Å². The van der Waals surface area contributed by atoms with Crippen molar-refractivity contribution in [2.45, 2.75) is 0 Å². The number of ether oxygens (including phenoxy) is 1. The Balaban J connectivity index is 1.91. The molecule has 1 amide bonds. The summed E-state index contributed by atoms with van der Waals surface area (Å²) >= 11 is 0. The van der Waals surface area contributed by atoms with E-state index in [1.165, 1.54) is 24.3 Å². The summed E-state index contributed by atoms with van der Waals surface area (Å²) in [4.78, 5) is 26.8. The van der Waals surface area contributed by atoms with Crippen LogP contribution in [-0.2, 0) is 0 Å². The molecule has 7 heteroatoms. The first-order valence-electron chi connectivity index (χ1n) is 7.07. The number of hydrogen-bond donors (Lipinski definition) is 1. The van der Waals surface area contributed by atoms with Crippen LogP contribution in [0.3, 0.4) is 0 Å². The molecule has 0 fully saturated rings. The lowest BCUT2D eigenvalue weighted by Gasteiger charge is -2.09. The first kappa shape index (κ1) is 15.4. The van der Waals surface area contributed by atoms with E-state index in [4.69, 9.17) is 4.74 Å². The highest BCUT2D eigenvalue weighted by molar-refractivity contribution is 6.08. The van der Waals surface area contributed by atoms with Crippen LogP contribution in [0.5, 0.6) is 5.75 Å². The van der Waals surface area contributed by atoms with Crippen LogP contribution >= 0.6 is 0 Å². The number of carbonyl (C=O) groups excluding carboxylic acids is 1. The second-order valence-corrected chi connectivity index (χ2v) is 5.00. The standard InChI is InChI=1S/C17H13N3O4/c1-24-13-6-7-15-14(10-13)16(8-9-18-15)19-17(21)11-2-4-12(5-3-11)20(22)23/h2-10H,1H3,(H,18,19,21). The maximum atomic E-state index is 12.4. The molecule has 2 aromatic carbocycles. The molecule has 0 aliphatic rings. The molecule has 0 atom stereocenters. The number of nitro groups is 1. The molecule has 0 unspecified atom stereocenters. The molecule has 24 heavy (non-hydrogen) atoms. The second kappa shape index (κ2) is 6.33. The zero-order valence-corrected chi connectivity index (χ0v) is 12.7. The van der Waals surface area contributed by atoms with E-state index in [0.717, 1.165) is 10.9 Å². The Morgan fingerprint density at radius 3 is 2.58 bits per heavy atom. The quantitative estimate of drug-likeness (QED) is 0.586. The summed E-state index contributed by atoms with van der Waals surface area (Å²) < 4.78 is 5.20. The van der Waals surface area contributed by atoms with Crippen LogP contribution in [0.2, 0.25) is 0 Å². The fourth-order valence-electron chi connectivity index (χ4n) is 2.29. The third-order valence-electron chi connectivity index (χ3n) is 3.54. The number of aromatic nitrogens is 1. The van der Waals surface area contributed by atoms with Gasteiger partial charge in [0.05, 0.1) is 23.2 Å². The molecule has 0 bridgehead atoms. The Bertz CT molecular complexity index is 923. The molecule has 1 aromatic heterocycles. The van der Waals surface area contributed by atoms with E-state index in [1.807, 2.05) is 0 Å². The van der Waals surface area contributed by atoms with E-state index in [2.05, 4.69) is 10.3 Å². The molecule has 0 spiro atoms. The van der Waals surface area contributed by atoms with Crippen LogP contribution in [0.25, 0.3) is 10.9 Å². The largest absolute Gasteiger partial charge is 0.497 e. The zero-order valence-electron chi connectivity index (χ0n) is 12.7. The van der Waals surface area contributed by atoms with Gasteiger partial charge in [0.25, 0.3) is 11.6 Å². The minimum atomic E-state index is -0.510. The average Bonchev–Trinajstić information content (AvgIpc) is 2.61. The van der Waals surface area contributed by atoms with Crippen LogP contribution in [-0.4, -0.2) is 22.9 Å². The third-order valence-corrected chi connectivity index (χ3v) is 3.54. The number of anilines is 1. The number of amides is 1. The van der Waals surface area contributed by atoms with Gasteiger partial charge in [-0.3, -0.25) is 19.9 Å². The number of hydrogen-bond acceptors (Lipinski definition) is 5. The topological polar surface area (TPSA) is 94.4 Å². The monoisotopic (exact) mass is 323 g/mol. The highest BCUT2D eigenvalue weighted by Crippen LogP contribution is 2.26. The summed E-state index contributed by atoms with van der Waals surface area (Å²) in [5, 5.41) is 14.2. The van der Waals surface area contributed by atoms with Gasteiger partial charge in [0, 0.05) is 29.3 Å². The number of benzene rings is 2. The lowest BCUT2D eigenvalue weighted by molar-refractivity contribution is -0.384. The van der Waals surface area contributed by atoms with Gasteiger partial charge in [-0.15, -0.1) is 0 Å². The Morgan fingerprint density at radius 1 is 1.17 bits per heavy atom. The van der Waals surface area contributed by atoms with Crippen molar-refractivity contribution in [3.05, 3.63) is 70.4 Å². The van der Waals surface area contributed by atoms with Gasteiger partial charge >= 0.3 is 0 Å². The van der Waals surface area contributed by atoms with Crippen molar-refractivity contribution in [2.24, 2.45) is 0 Å². The maximum absolute atomic E-state index is 12.4. The lowest BCUT2D eigenvalue weighted by Crippen LogP contribution is -2.12. The molecular weight excluding hydrogens is 310 g/mol. The number of nitrogens with zero attached hydrogens (tertiary/aromatic N) is 2. The smallest absolute Gasteiger partial charge is 0.269 e. The first-order valence-corrected chi connectivity index (χ1v) is 7.07. The Kier molecular flexibility index (Phi) is 4.07. The Labute approximate surface area is 137 Å². The molecule has 0 saturated carbocycles. The van der Waals surface area contributed by atoms with Gasteiger partial charge in [0.2, 0.25) is 0 Å². The van der Waals surface area contributed by atoms with Crippen LogP contribution in [0.1, 0.15) is 10.4 Å². The second-order valence-electron chi connectivity index (χ2n) is 5.00. The average molecular weight is 323 g/mol. The number of nitro benzene ring substituents is 1. The minimum absolute atomic E-state index is 0.0642. The Hall–Kier alpha value is -3.48. The van der Waals surface area contributed by atoms with Gasteiger partial charge in [0.15, 0.2) is 0 Å². The number of fused-ring (bicyclic) bond motifs is 1. The van der Waals surface area contributed by atoms with Crippen LogP contribution in [0.4, 0.5) is 11.4 Å². The predicted octanol–water partition coefficient (Wildman–Crippen LogP) is 3.40. The summed E-state index contributed by atoms with van der Waals surface area (Å²) in [6.45, 7) is 0. The van der Waals surface area contributed by atoms with Crippen molar-refractivity contribution in [3.63, 3.8) is 0 Å². The third kappa shape index (κ3) is 3.00. The van der Waals surface area contributed by atoms with Gasteiger partial charge in [-0.05, 0) is 36.4 Å². The van der Waals surface area contributed by atoms with E-state index in [9.17, 15) is 14.9 Å². The van der Waals surface area contributed by atoms with Crippen molar-refractivity contribution in [1.82, 2.24) is 4.98 Å². The minimum Gasteiger partial charge on any atom is -0.497 e. The van der Waals surface area contributed by atoms with E-state index in [0.29, 0.717) is 17.0 Å². The van der Waals surface area contributed by atoms with Crippen LogP contribution in [0, 0.1) is 10.1 Å². The predicted molar refractivity (Wildman–Crippen MR) is 89.3 cm³/mol. The van der Waals surface area contributed by atoms with Gasteiger partial charge in [-0.2, -0.15) is 0 Å². The number of rotatable bonds is 4. The summed E-state index contributed by atoms with van der Waals surface area (Å²) in [6.07, 6.45) is 1.60. The summed E-state index contributed by atoms with van der Waals surface area (Å²) in [5.41, 5.74) is 1.57. The van der Waals surface area contributed by atoms with Crippen LogP contribution < -0.4 is 10.1 Å². The number of methoxy groups -OCH3 is 1. The molecule has 0 aliphatic heterocycles. The molecule has 1 heterocycles. The van der Waals surface area contributed by atoms with Gasteiger partial charge in [0.1, 0.15) is 5.75 Å². The summed E-state index contributed by atoms with van der Waals surface area (Å²) in [5.74, 6) is 0.293. The molecule has 7 nitrogen and oxygen atoms in total. The summed E-state index contributed by atoms with van der Waals surface area (Å²) in [7, 11) is 1.56. The molecule has 1 N–H and O–H groups in total. The maximum Gasteiger partial charge on any atom is 0.269 e. The number of carbonyl (C=O) groups is 1. The van der Waals surface area contributed by atoms with Crippen LogP contribution in [0.15, 0.2) is 54.7 Å². The first-order chi connectivity index (χ1) is 11.6. The van der Waals surface area contributed by atoms with Crippen molar-refractivity contribution >= 4 is 28.2 Å². The molecular formula is C17H13N3O4. The fraction of sp³-hybridized carbons (Fsp3) is 0.0588. The molecule has 0 saturated heterocycles. The van der Waals surface area contributed by atoms with Gasteiger partial charge in [-0.25, -0.2) is 0 Å². The molecule has 0 aliphatic carbocycles. The van der Waals surface area contributed by atoms with Crippen molar-refractivity contribution < 1.29 is 14.5 Å². The molecule has 3 rings (SSSR count). The van der Waals surface area contributed by atoms with E-state index in [1.54, 1.807) is 37.6 Å². The van der Waals surface area contributed by atoms with E-state index >= 15 is 0 Å². The molecule has 120 valence electrons. The zero-order chi connectivity index (χ0) is 17.1. The fourth-order valence-corrected chi connectivity index (χ4v) is 2.29. The molecule has 3 aromatic rings. The lowest BCUT2D eigenvalue weighted by atomic mass is 10.1. The highest BCUT2D eigenvalue weighted by atomic mass is 16.6. The number of pyridine rings is 1.